The van der Waals surface area contributed by atoms with Crippen molar-refractivity contribution in [3.63, 3.8) is 0 Å². The maximum absolute atomic E-state index is 13.0. The Balaban J connectivity index is 0.000000762. The van der Waals surface area contributed by atoms with Crippen molar-refractivity contribution in [3.05, 3.63) is 42.5 Å². The Kier molecular flexibility index (Phi) is 11.6. The molecule has 0 aliphatic rings. The summed E-state index contributed by atoms with van der Waals surface area (Å²) in [6, 6.07) is 12.5. The number of alkyl halides is 3. The molecule has 2 atom stereocenters. The minimum Gasteiger partial charge on any atom is -0.475 e. The molecule has 0 saturated carbocycles. The van der Waals surface area contributed by atoms with Crippen molar-refractivity contribution in [2.24, 2.45) is 17.4 Å². The van der Waals surface area contributed by atoms with Crippen molar-refractivity contribution < 1.29 is 32.7 Å². The lowest BCUT2D eigenvalue weighted by Crippen LogP contribution is -2.51. The van der Waals surface area contributed by atoms with Crippen LogP contribution in [-0.2, 0) is 14.4 Å². The molecule has 0 saturated heterocycles. The first kappa shape index (κ1) is 29.9. The van der Waals surface area contributed by atoms with Crippen LogP contribution in [0.5, 0.6) is 0 Å². The molecule has 6 N–H and O–H groups in total. The molecule has 0 spiro atoms. The van der Waals surface area contributed by atoms with Crippen molar-refractivity contribution in [1.82, 2.24) is 4.90 Å². The van der Waals surface area contributed by atoms with E-state index >= 15 is 0 Å². The first-order valence-corrected chi connectivity index (χ1v) is 11.1. The van der Waals surface area contributed by atoms with Crippen molar-refractivity contribution in [2.75, 3.05) is 18.9 Å². The number of anilines is 1. The molecule has 2 amide bonds. The Hall–Kier alpha value is -3.18. The van der Waals surface area contributed by atoms with Gasteiger partial charge < -0.3 is 26.8 Å². The molecule has 0 heterocycles. The lowest BCUT2D eigenvalue weighted by molar-refractivity contribution is -0.192. The van der Waals surface area contributed by atoms with Gasteiger partial charge in [0.2, 0.25) is 11.8 Å². The Morgan fingerprint density at radius 1 is 1.09 bits per heavy atom. The third kappa shape index (κ3) is 9.91. The highest BCUT2D eigenvalue weighted by atomic mass is 19.4. The second kappa shape index (κ2) is 13.6. The molecule has 2 unspecified atom stereocenters. The predicted molar refractivity (Wildman–Crippen MR) is 129 cm³/mol. The Morgan fingerprint density at radius 3 is 2.17 bits per heavy atom. The predicted octanol–water partition coefficient (Wildman–Crippen LogP) is 3.35. The number of rotatable bonds is 9. The zero-order chi connectivity index (χ0) is 26.8. The number of amides is 2. The number of carbonyl (C=O) groups is 3. The van der Waals surface area contributed by atoms with Crippen LogP contribution in [-0.4, -0.2) is 59.6 Å². The maximum Gasteiger partial charge on any atom is 0.490 e. The van der Waals surface area contributed by atoms with Crippen LogP contribution < -0.4 is 16.8 Å². The number of nitrogens with two attached hydrogens (primary N) is 2. The third-order valence-electron chi connectivity index (χ3n) is 5.10. The van der Waals surface area contributed by atoms with Gasteiger partial charge in [-0.15, -0.1) is 0 Å². The Morgan fingerprint density at radius 2 is 1.66 bits per heavy atom. The Labute approximate surface area is 202 Å². The molecule has 194 valence electrons. The minimum atomic E-state index is -5.08. The highest BCUT2D eigenvalue weighted by molar-refractivity contribution is 5.99. The zero-order valence-electron chi connectivity index (χ0n) is 20.0. The van der Waals surface area contributed by atoms with Crippen molar-refractivity contribution >= 4 is 34.2 Å². The van der Waals surface area contributed by atoms with E-state index in [-0.39, 0.29) is 11.8 Å². The van der Waals surface area contributed by atoms with E-state index in [9.17, 15) is 22.8 Å². The quantitative estimate of drug-likeness (QED) is 0.418. The molecule has 2 aromatic carbocycles. The van der Waals surface area contributed by atoms with Gasteiger partial charge in [-0.25, -0.2) is 4.79 Å². The van der Waals surface area contributed by atoms with Crippen LogP contribution in [0.2, 0.25) is 0 Å². The summed E-state index contributed by atoms with van der Waals surface area (Å²) in [4.78, 5) is 36.0. The average molecular weight is 499 g/mol. The summed E-state index contributed by atoms with van der Waals surface area (Å²) in [7, 11) is 1.64. The lowest BCUT2D eigenvalue weighted by atomic mass is 10.0. The molecule has 8 nitrogen and oxygen atoms in total. The summed E-state index contributed by atoms with van der Waals surface area (Å²) in [5, 5.41) is 12.2. The van der Waals surface area contributed by atoms with Crippen LogP contribution in [0, 0.1) is 5.92 Å². The van der Waals surface area contributed by atoms with Gasteiger partial charge in [0.1, 0.15) is 6.04 Å². The van der Waals surface area contributed by atoms with Gasteiger partial charge in [-0.05, 0) is 54.6 Å². The van der Waals surface area contributed by atoms with Gasteiger partial charge in [0.05, 0.1) is 6.04 Å². The molecule has 0 aliphatic heterocycles. The fraction of sp³-hybridized carbons (Fsp3) is 0.458. The molecule has 0 aliphatic carbocycles. The number of nitrogens with one attached hydrogen (secondary N) is 1. The van der Waals surface area contributed by atoms with Crippen LogP contribution >= 0.6 is 0 Å². The number of carboxylic acids is 1. The largest absolute Gasteiger partial charge is 0.490 e. The summed E-state index contributed by atoms with van der Waals surface area (Å²) in [5.74, 6) is -2.89. The Bertz CT molecular complexity index is 998. The smallest absolute Gasteiger partial charge is 0.475 e. The fourth-order valence-corrected chi connectivity index (χ4v) is 3.33. The van der Waals surface area contributed by atoms with Crippen LogP contribution in [0.15, 0.2) is 42.5 Å². The molecular formula is C24H33F3N4O4. The highest BCUT2D eigenvalue weighted by Gasteiger charge is 2.38. The molecule has 2 aromatic rings. The van der Waals surface area contributed by atoms with E-state index in [2.05, 4.69) is 5.32 Å². The van der Waals surface area contributed by atoms with E-state index in [0.29, 0.717) is 37.4 Å². The van der Waals surface area contributed by atoms with Gasteiger partial charge in [0.15, 0.2) is 0 Å². The van der Waals surface area contributed by atoms with Crippen LogP contribution in [0.4, 0.5) is 18.9 Å². The van der Waals surface area contributed by atoms with Crippen molar-refractivity contribution in [2.45, 2.75) is 51.4 Å². The second-order valence-corrected chi connectivity index (χ2v) is 8.49. The molecular weight excluding hydrogens is 465 g/mol. The van der Waals surface area contributed by atoms with Gasteiger partial charge in [0.25, 0.3) is 0 Å². The summed E-state index contributed by atoms with van der Waals surface area (Å²) >= 11 is 0. The zero-order valence-corrected chi connectivity index (χ0v) is 20.0. The number of aliphatic carboxylic acids is 1. The van der Waals surface area contributed by atoms with Crippen LogP contribution in [0.25, 0.3) is 10.8 Å². The van der Waals surface area contributed by atoms with E-state index in [4.69, 9.17) is 21.4 Å². The van der Waals surface area contributed by atoms with E-state index in [1.54, 1.807) is 7.05 Å². The summed E-state index contributed by atoms with van der Waals surface area (Å²) in [6.07, 6.45) is -3.36. The third-order valence-corrected chi connectivity index (χ3v) is 5.10. The van der Waals surface area contributed by atoms with Gasteiger partial charge in [-0.2, -0.15) is 13.2 Å². The van der Waals surface area contributed by atoms with Gasteiger partial charge in [0, 0.05) is 12.7 Å². The van der Waals surface area contributed by atoms with Gasteiger partial charge in [-0.1, -0.05) is 44.2 Å². The number of carbonyl (C=O) groups excluding carboxylic acids is 2. The number of halogens is 3. The van der Waals surface area contributed by atoms with Crippen LogP contribution in [0.3, 0.4) is 0 Å². The molecule has 35 heavy (non-hydrogen) atoms. The first-order valence-electron chi connectivity index (χ1n) is 11.1. The minimum absolute atomic E-state index is 0.218. The van der Waals surface area contributed by atoms with Gasteiger partial charge in [-0.3, -0.25) is 9.59 Å². The number of nitrogens with zero attached hydrogens (tertiary/aromatic N) is 1. The second-order valence-electron chi connectivity index (χ2n) is 8.49. The topological polar surface area (TPSA) is 139 Å². The molecule has 11 heteroatoms. The summed E-state index contributed by atoms with van der Waals surface area (Å²) in [5.41, 5.74) is 12.4. The molecule has 2 rings (SSSR count). The van der Waals surface area contributed by atoms with E-state index in [0.717, 1.165) is 10.8 Å². The number of likely N-dealkylation sites (N-methyl/N-ethyl adjacent to an activating group) is 1. The van der Waals surface area contributed by atoms with Crippen molar-refractivity contribution in [1.29, 1.82) is 0 Å². The summed E-state index contributed by atoms with van der Waals surface area (Å²) in [6.45, 7) is 4.50. The average Bonchev–Trinajstić information content (AvgIpc) is 2.77. The van der Waals surface area contributed by atoms with E-state index in [1.165, 1.54) is 4.90 Å². The highest BCUT2D eigenvalue weighted by Crippen LogP contribution is 2.20. The van der Waals surface area contributed by atoms with Crippen LogP contribution in [0.1, 0.15) is 33.1 Å². The fourth-order valence-electron chi connectivity index (χ4n) is 3.33. The van der Waals surface area contributed by atoms with E-state index in [1.807, 2.05) is 56.3 Å². The number of fused-ring (bicyclic) bond motifs is 1. The number of hydrogen-bond acceptors (Lipinski definition) is 5. The van der Waals surface area contributed by atoms with Gasteiger partial charge >= 0.3 is 12.1 Å². The number of carboxylic acid groups (broad SMARTS) is 1. The molecule has 0 aromatic heterocycles. The SMILES string of the molecule is CC(C)CC(N)C(=O)N(C)C(CCCN)C(=O)Nc1ccc2ccccc2c1.O=C(O)C(F)(F)F. The lowest BCUT2D eigenvalue weighted by Gasteiger charge is -2.30. The standard InChI is InChI=1S/C22H32N4O2.C2HF3O2/c1-15(2)13-19(24)22(28)26(3)20(9-6-12-23)21(27)25-18-11-10-16-7-4-5-8-17(16)14-18;3-2(4,5)1(6)7/h4-5,7-8,10-11,14-15,19-20H,6,9,12-13,23-24H2,1-3H3,(H,25,27);(H,6,7). The normalized spacial score (nSPS) is 12.9. The summed E-state index contributed by atoms with van der Waals surface area (Å²) < 4.78 is 31.7. The molecule has 0 fully saturated rings. The monoisotopic (exact) mass is 498 g/mol. The maximum atomic E-state index is 13.0. The number of hydrogen-bond donors (Lipinski definition) is 4. The molecule has 0 bridgehead atoms. The van der Waals surface area contributed by atoms with E-state index < -0.39 is 24.2 Å². The first-order chi connectivity index (χ1) is 16.3. The number of benzene rings is 2. The van der Waals surface area contributed by atoms with Crippen molar-refractivity contribution in [3.8, 4) is 0 Å². The molecule has 0 radical (unpaired) electrons.